The van der Waals surface area contributed by atoms with Gasteiger partial charge < -0.3 is 9.64 Å². The number of hydrogen-bond donors (Lipinski definition) is 0. The number of hydrogen-bond acceptors (Lipinski definition) is 2. The van der Waals surface area contributed by atoms with Gasteiger partial charge in [-0.05, 0) is 44.3 Å². The molecule has 24 heavy (non-hydrogen) atoms. The van der Waals surface area contributed by atoms with Crippen molar-refractivity contribution in [2.24, 2.45) is 0 Å². The number of likely N-dealkylation sites (N-methyl/N-ethyl adjacent to an activating group) is 1. The minimum absolute atomic E-state index is 0.0625. The molecule has 0 fully saturated rings. The lowest BCUT2D eigenvalue weighted by atomic mass is 10.00. The van der Waals surface area contributed by atoms with Crippen LogP contribution in [0.25, 0.3) is 0 Å². The van der Waals surface area contributed by atoms with E-state index in [2.05, 4.69) is 0 Å². The highest BCUT2D eigenvalue weighted by molar-refractivity contribution is 5.33. The second-order valence-electron chi connectivity index (χ2n) is 6.12. The fourth-order valence-electron chi connectivity index (χ4n) is 2.61. The monoisotopic (exact) mass is 337 g/mol. The summed E-state index contributed by atoms with van der Waals surface area (Å²) in [6.45, 7) is 2.68. The highest BCUT2D eigenvalue weighted by Crippen LogP contribution is 2.32. The zero-order chi connectivity index (χ0) is 17.7. The smallest absolute Gasteiger partial charge is 0.365 e. The summed E-state index contributed by atoms with van der Waals surface area (Å²) in [5.41, 5.74) is 0.974. The van der Waals surface area contributed by atoms with Crippen LogP contribution in [-0.4, -0.2) is 31.6 Å². The third kappa shape index (κ3) is 5.08. The fourth-order valence-corrected chi connectivity index (χ4v) is 2.61. The van der Waals surface area contributed by atoms with Crippen molar-refractivity contribution in [3.8, 4) is 0 Å². The average Bonchev–Trinajstić information content (AvgIpc) is 2.52. The number of halogens is 3. The standard InChI is InChI=1S/C19H22F3NO/c1-14(13-23(2)3)24-18(15-7-5-4-6-8-15)16-9-11-17(12-10-16)19(20,21)22/h4-12,14,18H,13H2,1-3H3. The summed E-state index contributed by atoms with van der Waals surface area (Å²) in [6.07, 6.45) is -4.80. The van der Waals surface area contributed by atoms with Gasteiger partial charge in [-0.2, -0.15) is 13.2 Å². The molecule has 0 saturated carbocycles. The van der Waals surface area contributed by atoms with Crippen LogP contribution in [0, 0.1) is 0 Å². The Hall–Kier alpha value is -1.85. The van der Waals surface area contributed by atoms with E-state index in [0.717, 1.165) is 24.2 Å². The highest BCUT2D eigenvalue weighted by Gasteiger charge is 2.30. The van der Waals surface area contributed by atoms with Gasteiger partial charge >= 0.3 is 6.18 Å². The molecule has 0 N–H and O–H groups in total. The molecule has 2 rings (SSSR count). The average molecular weight is 337 g/mol. The van der Waals surface area contributed by atoms with Crippen molar-refractivity contribution in [2.75, 3.05) is 20.6 Å². The molecule has 2 aromatic carbocycles. The van der Waals surface area contributed by atoms with Crippen LogP contribution in [0.1, 0.15) is 29.7 Å². The maximum Gasteiger partial charge on any atom is 0.416 e. The van der Waals surface area contributed by atoms with Crippen LogP contribution in [0.4, 0.5) is 13.2 Å². The number of alkyl halides is 3. The predicted octanol–water partition coefficient (Wildman–Crippen LogP) is 4.76. The molecule has 0 aromatic heterocycles. The molecule has 5 heteroatoms. The molecule has 2 nitrogen and oxygen atoms in total. The van der Waals surface area contributed by atoms with Crippen molar-refractivity contribution >= 4 is 0 Å². The van der Waals surface area contributed by atoms with Crippen LogP contribution in [0.15, 0.2) is 54.6 Å². The van der Waals surface area contributed by atoms with Crippen molar-refractivity contribution in [2.45, 2.75) is 25.3 Å². The molecule has 0 bridgehead atoms. The van der Waals surface area contributed by atoms with Crippen LogP contribution in [0.2, 0.25) is 0 Å². The third-order valence-electron chi connectivity index (χ3n) is 3.63. The van der Waals surface area contributed by atoms with E-state index >= 15 is 0 Å². The summed E-state index contributed by atoms with van der Waals surface area (Å²) >= 11 is 0. The molecule has 0 aliphatic rings. The van der Waals surface area contributed by atoms with Crippen LogP contribution in [-0.2, 0) is 10.9 Å². The molecule has 0 radical (unpaired) electrons. The van der Waals surface area contributed by atoms with Gasteiger partial charge in [0, 0.05) is 6.54 Å². The topological polar surface area (TPSA) is 12.5 Å². The van der Waals surface area contributed by atoms with E-state index < -0.39 is 17.8 Å². The molecular formula is C19H22F3NO. The Kier molecular flexibility index (Phi) is 6.02. The summed E-state index contributed by atoms with van der Waals surface area (Å²) in [4.78, 5) is 2.01. The molecule has 0 amide bonds. The summed E-state index contributed by atoms with van der Waals surface area (Å²) in [7, 11) is 3.91. The number of ether oxygens (including phenoxy) is 1. The zero-order valence-corrected chi connectivity index (χ0v) is 14.0. The first-order valence-corrected chi connectivity index (χ1v) is 7.79. The van der Waals surface area contributed by atoms with Crippen LogP contribution < -0.4 is 0 Å². The van der Waals surface area contributed by atoms with Crippen molar-refractivity contribution in [1.29, 1.82) is 0 Å². The second-order valence-corrected chi connectivity index (χ2v) is 6.12. The Morgan fingerprint density at radius 2 is 1.46 bits per heavy atom. The molecule has 130 valence electrons. The van der Waals surface area contributed by atoms with Gasteiger partial charge in [0.2, 0.25) is 0 Å². The van der Waals surface area contributed by atoms with Gasteiger partial charge in [-0.15, -0.1) is 0 Å². The van der Waals surface area contributed by atoms with Crippen LogP contribution >= 0.6 is 0 Å². The summed E-state index contributed by atoms with van der Waals surface area (Å²) in [5.74, 6) is 0. The third-order valence-corrected chi connectivity index (χ3v) is 3.63. The van der Waals surface area contributed by atoms with E-state index in [1.807, 2.05) is 56.3 Å². The summed E-state index contributed by atoms with van der Waals surface area (Å²) in [6, 6.07) is 14.7. The summed E-state index contributed by atoms with van der Waals surface area (Å²) < 4.78 is 44.4. The quantitative estimate of drug-likeness (QED) is 0.753. The van der Waals surface area contributed by atoms with Gasteiger partial charge in [-0.25, -0.2) is 0 Å². The minimum Gasteiger partial charge on any atom is -0.365 e. The SMILES string of the molecule is CC(CN(C)C)OC(c1ccccc1)c1ccc(C(F)(F)F)cc1. The van der Waals surface area contributed by atoms with Gasteiger partial charge in [0.15, 0.2) is 0 Å². The molecule has 0 heterocycles. The lowest BCUT2D eigenvalue weighted by molar-refractivity contribution is -0.137. The van der Waals surface area contributed by atoms with Gasteiger partial charge in [0.25, 0.3) is 0 Å². The molecular weight excluding hydrogens is 315 g/mol. The maximum absolute atomic E-state index is 12.8. The largest absolute Gasteiger partial charge is 0.416 e. The lowest BCUT2D eigenvalue weighted by Gasteiger charge is -2.25. The summed E-state index contributed by atoms with van der Waals surface area (Å²) in [5, 5.41) is 0. The Morgan fingerprint density at radius 3 is 1.96 bits per heavy atom. The van der Waals surface area contributed by atoms with Crippen molar-refractivity contribution < 1.29 is 17.9 Å². The maximum atomic E-state index is 12.8. The van der Waals surface area contributed by atoms with E-state index in [9.17, 15) is 13.2 Å². The molecule has 2 atom stereocenters. The second kappa shape index (κ2) is 7.81. The number of benzene rings is 2. The molecule has 0 aliphatic heterocycles. The molecule has 0 aliphatic carbocycles. The number of rotatable bonds is 6. The Morgan fingerprint density at radius 1 is 0.917 bits per heavy atom. The molecule has 0 spiro atoms. The zero-order valence-electron chi connectivity index (χ0n) is 14.0. The van der Waals surface area contributed by atoms with Crippen LogP contribution in [0.5, 0.6) is 0 Å². The first-order valence-electron chi connectivity index (χ1n) is 7.79. The Labute approximate surface area is 140 Å². The van der Waals surface area contributed by atoms with Gasteiger partial charge in [0.1, 0.15) is 6.10 Å². The Balaban J connectivity index is 2.29. The van der Waals surface area contributed by atoms with Gasteiger partial charge in [-0.1, -0.05) is 42.5 Å². The van der Waals surface area contributed by atoms with E-state index in [-0.39, 0.29) is 6.10 Å². The fraction of sp³-hybridized carbons (Fsp3) is 0.368. The van der Waals surface area contributed by atoms with E-state index in [0.29, 0.717) is 5.56 Å². The Bertz CT molecular complexity index is 623. The lowest BCUT2D eigenvalue weighted by Crippen LogP contribution is -2.27. The molecule has 2 aromatic rings. The molecule has 0 saturated heterocycles. The number of nitrogens with zero attached hydrogens (tertiary/aromatic N) is 1. The van der Waals surface area contributed by atoms with Crippen LogP contribution in [0.3, 0.4) is 0 Å². The highest BCUT2D eigenvalue weighted by atomic mass is 19.4. The van der Waals surface area contributed by atoms with Gasteiger partial charge in [-0.3, -0.25) is 0 Å². The first-order chi connectivity index (χ1) is 11.3. The van der Waals surface area contributed by atoms with Gasteiger partial charge in [0.05, 0.1) is 11.7 Å². The van der Waals surface area contributed by atoms with Crippen molar-refractivity contribution in [1.82, 2.24) is 4.90 Å². The van der Waals surface area contributed by atoms with E-state index in [1.54, 1.807) is 0 Å². The van der Waals surface area contributed by atoms with E-state index in [4.69, 9.17) is 4.74 Å². The first kappa shape index (κ1) is 18.5. The molecule has 2 unspecified atom stereocenters. The minimum atomic E-state index is -4.33. The van der Waals surface area contributed by atoms with Crippen molar-refractivity contribution in [3.63, 3.8) is 0 Å². The van der Waals surface area contributed by atoms with Crippen molar-refractivity contribution in [3.05, 3.63) is 71.3 Å². The normalized spacial score (nSPS) is 14.6. The van der Waals surface area contributed by atoms with E-state index in [1.165, 1.54) is 12.1 Å². The predicted molar refractivity (Wildman–Crippen MR) is 88.8 cm³/mol.